The van der Waals surface area contributed by atoms with Crippen LogP contribution in [0.15, 0.2) is 23.0 Å². The molecule has 0 radical (unpaired) electrons. The summed E-state index contributed by atoms with van der Waals surface area (Å²) in [6, 6.07) is 5.95. The van der Waals surface area contributed by atoms with Crippen molar-refractivity contribution in [3.05, 3.63) is 61.5 Å². The Morgan fingerprint density at radius 1 is 1.21 bits per heavy atom. The van der Waals surface area contributed by atoms with Gasteiger partial charge in [0, 0.05) is 66.4 Å². The predicted molar refractivity (Wildman–Crippen MR) is 133 cm³/mol. The maximum absolute atomic E-state index is 13.2. The Kier molecular flexibility index (Phi) is 8.57. The van der Waals surface area contributed by atoms with Gasteiger partial charge in [-0.1, -0.05) is 11.6 Å². The number of aryl methyl sites for hydroxylation is 1. The summed E-state index contributed by atoms with van der Waals surface area (Å²) in [6.45, 7) is 9.01. The maximum atomic E-state index is 13.2. The Morgan fingerprint density at radius 2 is 1.91 bits per heavy atom. The number of benzene rings is 1. The van der Waals surface area contributed by atoms with E-state index in [4.69, 9.17) is 16.3 Å². The quantitative estimate of drug-likeness (QED) is 0.610. The predicted octanol–water partition coefficient (Wildman–Crippen LogP) is 3.64. The zero-order valence-electron chi connectivity index (χ0n) is 20.3. The number of nitrogens with zero attached hydrogens (tertiary/aromatic N) is 2. The molecule has 1 aliphatic rings. The van der Waals surface area contributed by atoms with Crippen molar-refractivity contribution in [3.63, 3.8) is 0 Å². The van der Waals surface area contributed by atoms with Crippen molar-refractivity contribution >= 4 is 23.2 Å². The third kappa shape index (κ3) is 6.16. The maximum Gasteiger partial charge on any atom is 0.253 e. The lowest BCUT2D eigenvalue weighted by Crippen LogP contribution is -2.40. The Morgan fingerprint density at radius 3 is 2.55 bits per heavy atom. The highest BCUT2D eigenvalue weighted by Crippen LogP contribution is 2.31. The smallest absolute Gasteiger partial charge is 0.253 e. The summed E-state index contributed by atoms with van der Waals surface area (Å²) in [5, 5.41) is 3.47. The second-order valence-electron chi connectivity index (χ2n) is 8.93. The molecule has 0 bridgehead atoms. The van der Waals surface area contributed by atoms with Crippen molar-refractivity contribution < 1.29 is 9.53 Å². The van der Waals surface area contributed by atoms with Crippen LogP contribution < -0.4 is 15.8 Å². The summed E-state index contributed by atoms with van der Waals surface area (Å²) in [5.74, 6) is -0.241. The number of nitrogens with one attached hydrogen (secondary N) is 2. The number of carbonyl (C=O) groups excluding carboxylic acids is 1. The molecule has 33 heavy (non-hydrogen) atoms. The average molecular weight is 475 g/mol. The molecule has 0 atom stereocenters. The topological polar surface area (TPSA) is 77.7 Å². The van der Waals surface area contributed by atoms with Crippen LogP contribution in [0.5, 0.6) is 0 Å². The number of amides is 1. The number of pyridine rings is 1. The SMILES string of the molecule is CCN(c1cc(Cl)cc(C(=O)NCc2c(CN(C)C)cc(C)[nH]c2=O)c1C)C1CCOCC1. The molecule has 2 heterocycles. The largest absolute Gasteiger partial charge is 0.381 e. The van der Waals surface area contributed by atoms with E-state index in [0.717, 1.165) is 55.1 Å². The van der Waals surface area contributed by atoms with Crippen molar-refractivity contribution in [2.75, 3.05) is 38.8 Å². The van der Waals surface area contributed by atoms with Crippen molar-refractivity contribution in [2.24, 2.45) is 0 Å². The number of ether oxygens (including phenoxy) is 1. The van der Waals surface area contributed by atoms with E-state index in [1.807, 2.05) is 45.0 Å². The molecular formula is C25H35ClN4O3. The van der Waals surface area contributed by atoms with Gasteiger partial charge < -0.3 is 24.8 Å². The minimum Gasteiger partial charge on any atom is -0.381 e. The van der Waals surface area contributed by atoms with Crippen molar-refractivity contribution in [2.45, 2.75) is 52.7 Å². The van der Waals surface area contributed by atoms with Crippen LogP contribution >= 0.6 is 11.6 Å². The Bertz CT molecular complexity index is 1040. The van der Waals surface area contributed by atoms with Crippen molar-refractivity contribution in [1.29, 1.82) is 0 Å². The normalized spacial score (nSPS) is 14.5. The van der Waals surface area contributed by atoms with Gasteiger partial charge in [0.25, 0.3) is 11.5 Å². The van der Waals surface area contributed by atoms with Crippen LogP contribution in [0.25, 0.3) is 0 Å². The third-order valence-corrected chi connectivity index (χ3v) is 6.37. The highest BCUT2D eigenvalue weighted by Gasteiger charge is 2.24. The van der Waals surface area contributed by atoms with Crippen LogP contribution in [0.1, 0.15) is 52.5 Å². The molecule has 1 saturated heterocycles. The summed E-state index contributed by atoms with van der Waals surface area (Å²) in [4.78, 5) is 33.0. The molecule has 1 amide bonds. The van der Waals surface area contributed by atoms with Crippen LogP contribution in [-0.2, 0) is 17.8 Å². The Balaban J connectivity index is 1.86. The number of anilines is 1. The fourth-order valence-electron chi connectivity index (χ4n) is 4.55. The minimum atomic E-state index is -0.241. The molecule has 0 saturated carbocycles. The van der Waals surface area contributed by atoms with Gasteiger partial charge >= 0.3 is 0 Å². The van der Waals surface area contributed by atoms with Gasteiger partial charge in [-0.25, -0.2) is 0 Å². The van der Waals surface area contributed by atoms with Gasteiger partial charge in [0.05, 0.1) is 0 Å². The van der Waals surface area contributed by atoms with Gasteiger partial charge in [-0.3, -0.25) is 9.59 Å². The first-order valence-corrected chi connectivity index (χ1v) is 11.9. The van der Waals surface area contributed by atoms with Crippen molar-refractivity contribution in [3.8, 4) is 0 Å². The molecule has 1 aromatic heterocycles. The molecule has 7 nitrogen and oxygen atoms in total. The number of halogens is 1. The van der Waals surface area contributed by atoms with Gasteiger partial charge in [0.1, 0.15) is 0 Å². The average Bonchev–Trinajstić information content (AvgIpc) is 2.75. The second-order valence-corrected chi connectivity index (χ2v) is 9.37. The molecule has 1 fully saturated rings. The first-order valence-electron chi connectivity index (χ1n) is 11.5. The number of carbonyl (C=O) groups is 1. The molecule has 0 spiro atoms. The van der Waals surface area contributed by atoms with E-state index < -0.39 is 0 Å². The highest BCUT2D eigenvalue weighted by atomic mass is 35.5. The van der Waals surface area contributed by atoms with Crippen LogP contribution in [0, 0.1) is 13.8 Å². The molecule has 1 aliphatic heterocycles. The lowest BCUT2D eigenvalue weighted by Gasteiger charge is -2.36. The fourth-order valence-corrected chi connectivity index (χ4v) is 4.76. The van der Waals surface area contributed by atoms with Crippen LogP contribution in [0.2, 0.25) is 5.02 Å². The van der Waals surface area contributed by atoms with E-state index in [1.165, 1.54) is 0 Å². The second kappa shape index (κ2) is 11.2. The molecule has 8 heteroatoms. The fraction of sp³-hybridized carbons (Fsp3) is 0.520. The molecule has 1 aromatic carbocycles. The summed E-state index contributed by atoms with van der Waals surface area (Å²) in [5.41, 5.74) is 4.49. The first kappa shape index (κ1) is 25.3. The number of hydrogen-bond acceptors (Lipinski definition) is 5. The monoisotopic (exact) mass is 474 g/mol. The highest BCUT2D eigenvalue weighted by molar-refractivity contribution is 6.31. The van der Waals surface area contributed by atoms with E-state index in [-0.39, 0.29) is 18.0 Å². The lowest BCUT2D eigenvalue weighted by atomic mass is 10.0. The molecule has 180 valence electrons. The van der Waals surface area contributed by atoms with Crippen LogP contribution in [-0.4, -0.2) is 55.7 Å². The molecule has 2 aromatic rings. The van der Waals surface area contributed by atoms with E-state index >= 15 is 0 Å². The van der Waals surface area contributed by atoms with E-state index in [9.17, 15) is 9.59 Å². The molecule has 3 rings (SSSR count). The molecular weight excluding hydrogens is 440 g/mol. The number of rotatable bonds is 8. The standard InChI is InChI=1S/C25H35ClN4O3/c1-6-30(20-7-9-33-10-8-20)23-13-19(26)12-21(17(23)3)24(31)27-14-22-18(15-29(4)5)11-16(2)28-25(22)32/h11-13,20H,6-10,14-15H2,1-5H3,(H,27,31)(H,28,32). The summed E-state index contributed by atoms with van der Waals surface area (Å²) in [7, 11) is 3.90. The minimum absolute atomic E-state index is 0.149. The van der Waals surface area contributed by atoms with E-state index in [0.29, 0.717) is 28.7 Å². The van der Waals surface area contributed by atoms with Crippen molar-refractivity contribution in [1.82, 2.24) is 15.2 Å². The summed E-state index contributed by atoms with van der Waals surface area (Å²) < 4.78 is 5.52. The summed E-state index contributed by atoms with van der Waals surface area (Å²) in [6.07, 6.45) is 1.90. The zero-order valence-corrected chi connectivity index (χ0v) is 21.0. The first-order chi connectivity index (χ1) is 15.7. The van der Waals surface area contributed by atoms with Gasteiger partial charge in [-0.2, -0.15) is 0 Å². The molecule has 0 aliphatic carbocycles. The van der Waals surface area contributed by atoms with E-state index in [2.05, 4.69) is 22.1 Å². The number of H-pyrrole nitrogens is 1. The lowest BCUT2D eigenvalue weighted by molar-refractivity contribution is 0.0846. The number of aromatic amines is 1. The third-order valence-electron chi connectivity index (χ3n) is 6.15. The van der Waals surface area contributed by atoms with Gasteiger partial charge in [-0.05, 0) is 77.0 Å². The zero-order chi connectivity index (χ0) is 24.1. The number of hydrogen-bond donors (Lipinski definition) is 2. The van der Waals surface area contributed by atoms with Gasteiger partial charge in [-0.15, -0.1) is 0 Å². The van der Waals surface area contributed by atoms with Gasteiger partial charge in [0.15, 0.2) is 0 Å². The van der Waals surface area contributed by atoms with E-state index in [1.54, 1.807) is 6.07 Å². The molecule has 0 unspecified atom stereocenters. The van der Waals surface area contributed by atoms with Crippen LogP contribution in [0.3, 0.4) is 0 Å². The Labute approximate surface area is 201 Å². The van der Waals surface area contributed by atoms with Crippen LogP contribution in [0.4, 0.5) is 5.69 Å². The molecule has 2 N–H and O–H groups in total. The summed E-state index contributed by atoms with van der Waals surface area (Å²) >= 11 is 6.46. The Hall–Kier alpha value is -2.35. The van der Waals surface area contributed by atoms with Gasteiger partial charge in [0.2, 0.25) is 0 Å². The number of aromatic nitrogens is 1.